The number of nitrogens with one attached hydrogen (secondary N) is 1. The highest BCUT2D eigenvalue weighted by Crippen LogP contribution is 2.40. The molecule has 1 N–H and O–H groups in total. The van der Waals surface area contributed by atoms with E-state index in [1.807, 2.05) is 12.1 Å². The summed E-state index contributed by atoms with van der Waals surface area (Å²) in [5.74, 6) is 0.658. The van der Waals surface area contributed by atoms with Crippen molar-refractivity contribution < 1.29 is 9.18 Å². The lowest BCUT2D eigenvalue weighted by atomic mass is 10.0. The van der Waals surface area contributed by atoms with Crippen LogP contribution < -0.4 is 5.32 Å². The third-order valence-corrected chi connectivity index (χ3v) is 6.31. The minimum absolute atomic E-state index is 0.00269. The van der Waals surface area contributed by atoms with Crippen molar-refractivity contribution in [3.8, 4) is 11.4 Å². The van der Waals surface area contributed by atoms with E-state index in [4.69, 9.17) is 0 Å². The predicted molar refractivity (Wildman–Crippen MR) is 114 cm³/mol. The molecule has 1 amide bonds. The van der Waals surface area contributed by atoms with Crippen molar-refractivity contribution in [1.29, 1.82) is 0 Å². The first-order chi connectivity index (χ1) is 14.6. The molecule has 0 radical (unpaired) electrons. The average Bonchev–Trinajstić information content (AvgIpc) is 3.36. The van der Waals surface area contributed by atoms with Gasteiger partial charge in [0.15, 0.2) is 5.82 Å². The van der Waals surface area contributed by atoms with Crippen LogP contribution in [-0.4, -0.2) is 44.4 Å². The molecule has 2 fully saturated rings. The van der Waals surface area contributed by atoms with Gasteiger partial charge in [-0.15, -0.1) is 0 Å². The van der Waals surface area contributed by atoms with Crippen LogP contribution >= 0.6 is 15.9 Å². The van der Waals surface area contributed by atoms with E-state index in [2.05, 4.69) is 36.2 Å². The summed E-state index contributed by atoms with van der Waals surface area (Å²) in [5.41, 5.74) is 0.458. The van der Waals surface area contributed by atoms with Crippen LogP contribution in [0.1, 0.15) is 23.2 Å². The summed E-state index contributed by atoms with van der Waals surface area (Å²) in [5, 5.41) is 3.45. The molecule has 6 nitrogen and oxygen atoms in total. The minimum atomic E-state index is -0.549. The Labute approximate surface area is 181 Å². The smallest absolute Gasteiger partial charge is 0.257 e. The molecule has 1 saturated carbocycles. The molecule has 2 bridgehead atoms. The summed E-state index contributed by atoms with van der Waals surface area (Å²) >= 11 is 3.39. The number of rotatable bonds is 4. The monoisotopic (exact) mass is 467 g/mol. The predicted octanol–water partition coefficient (Wildman–Crippen LogP) is 4.16. The molecule has 30 heavy (non-hydrogen) atoms. The largest absolute Gasteiger partial charge is 0.365 e. The van der Waals surface area contributed by atoms with Gasteiger partial charge in [-0.3, -0.25) is 4.79 Å². The van der Waals surface area contributed by atoms with Crippen molar-refractivity contribution in [3.63, 3.8) is 0 Å². The maximum atomic E-state index is 14.8. The molecule has 8 heteroatoms. The van der Waals surface area contributed by atoms with Crippen molar-refractivity contribution in [2.45, 2.75) is 24.9 Å². The molecule has 1 aliphatic heterocycles. The molecule has 3 atom stereocenters. The van der Waals surface area contributed by atoms with E-state index in [-0.39, 0.29) is 23.6 Å². The van der Waals surface area contributed by atoms with Gasteiger partial charge in [0.25, 0.3) is 5.91 Å². The van der Waals surface area contributed by atoms with Crippen molar-refractivity contribution in [1.82, 2.24) is 19.9 Å². The van der Waals surface area contributed by atoms with Gasteiger partial charge in [0.05, 0.1) is 11.6 Å². The van der Waals surface area contributed by atoms with Crippen LogP contribution in [0.5, 0.6) is 0 Å². The summed E-state index contributed by atoms with van der Waals surface area (Å²) in [7, 11) is 0. The maximum absolute atomic E-state index is 14.8. The lowest BCUT2D eigenvalue weighted by molar-refractivity contribution is 0.0688. The van der Waals surface area contributed by atoms with E-state index in [1.165, 1.54) is 6.07 Å². The SMILES string of the molecule is O=C(c1c(F)cccc1-c1ncccn1)N1C[C@@H]2C[C@@H](Nc3ccc(Br)cn3)[C@@H]1C2. The third kappa shape index (κ3) is 3.45. The van der Waals surface area contributed by atoms with Crippen LogP contribution in [0, 0.1) is 11.7 Å². The second kappa shape index (κ2) is 7.75. The van der Waals surface area contributed by atoms with Crippen LogP contribution in [0.25, 0.3) is 11.4 Å². The number of fused-ring (bicyclic) bond motifs is 2. The molecule has 5 rings (SSSR count). The first kappa shape index (κ1) is 19.1. The Kier molecular flexibility index (Phi) is 4.94. The van der Waals surface area contributed by atoms with Gasteiger partial charge < -0.3 is 10.2 Å². The normalized spacial score (nSPS) is 22.3. The average molecular weight is 468 g/mol. The zero-order valence-electron chi connectivity index (χ0n) is 16.0. The summed E-state index contributed by atoms with van der Waals surface area (Å²) < 4.78 is 15.7. The molecule has 2 aromatic heterocycles. The highest BCUT2D eigenvalue weighted by Gasteiger charge is 2.47. The van der Waals surface area contributed by atoms with Gasteiger partial charge in [0.2, 0.25) is 0 Å². The highest BCUT2D eigenvalue weighted by atomic mass is 79.9. The first-order valence-corrected chi connectivity index (χ1v) is 10.6. The standard InChI is InChI=1S/C22H19BrFN5O/c23-14-5-6-19(27-11-14)28-17-9-13-10-18(17)29(12-13)22(30)20-15(3-1-4-16(20)24)21-25-7-2-8-26-21/h1-8,11,13,17-18H,9-10,12H2,(H,27,28)/t13-,17-,18+/m1/s1. The number of carbonyl (C=O) groups excluding carboxylic acids is 1. The Morgan fingerprint density at radius 1 is 1.10 bits per heavy atom. The summed E-state index contributed by atoms with van der Waals surface area (Å²) in [6, 6.07) is 10.2. The maximum Gasteiger partial charge on any atom is 0.257 e. The van der Waals surface area contributed by atoms with Crippen LogP contribution in [-0.2, 0) is 0 Å². The van der Waals surface area contributed by atoms with E-state index in [1.54, 1.807) is 41.7 Å². The molecule has 152 valence electrons. The zero-order chi connectivity index (χ0) is 20.7. The minimum Gasteiger partial charge on any atom is -0.365 e. The van der Waals surface area contributed by atoms with Gasteiger partial charge in [0, 0.05) is 41.2 Å². The molecule has 3 heterocycles. The van der Waals surface area contributed by atoms with Gasteiger partial charge in [-0.2, -0.15) is 0 Å². The second-order valence-electron chi connectivity index (χ2n) is 7.71. The van der Waals surface area contributed by atoms with Crippen LogP contribution in [0.4, 0.5) is 10.2 Å². The first-order valence-electron chi connectivity index (χ1n) is 9.85. The van der Waals surface area contributed by atoms with E-state index < -0.39 is 5.82 Å². The molecule has 1 aromatic carbocycles. The van der Waals surface area contributed by atoms with Gasteiger partial charge in [0.1, 0.15) is 11.6 Å². The van der Waals surface area contributed by atoms with Gasteiger partial charge >= 0.3 is 0 Å². The Morgan fingerprint density at radius 2 is 1.93 bits per heavy atom. The molecular formula is C22H19BrFN5O. The van der Waals surface area contributed by atoms with Crippen LogP contribution in [0.3, 0.4) is 0 Å². The molecule has 1 saturated heterocycles. The Bertz CT molecular complexity index is 1080. The number of amides is 1. The number of anilines is 1. The number of hydrogen-bond donors (Lipinski definition) is 1. The molecule has 0 spiro atoms. The van der Waals surface area contributed by atoms with Crippen molar-refractivity contribution in [2.24, 2.45) is 5.92 Å². The molecule has 2 aliphatic rings. The lowest BCUT2D eigenvalue weighted by Gasteiger charge is -2.34. The number of benzene rings is 1. The molecule has 1 aliphatic carbocycles. The second-order valence-corrected chi connectivity index (χ2v) is 8.63. The highest BCUT2D eigenvalue weighted by molar-refractivity contribution is 9.10. The van der Waals surface area contributed by atoms with E-state index in [0.717, 1.165) is 23.1 Å². The zero-order valence-corrected chi connectivity index (χ0v) is 17.6. The number of halogens is 2. The Hall–Kier alpha value is -2.87. The number of pyridine rings is 1. The van der Waals surface area contributed by atoms with Gasteiger partial charge in [-0.25, -0.2) is 19.3 Å². The number of likely N-dealkylation sites (tertiary alicyclic amines) is 1. The number of hydrogen-bond acceptors (Lipinski definition) is 5. The quantitative estimate of drug-likeness (QED) is 0.623. The Balaban J connectivity index is 1.43. The van der Waals surface area contributed by atoms with E-state index in [0.29, 0.717) is 23.9 Å². The summed E-state index contributed by atoms with van der Waals surface area (Å²) in [6.45, 7) is 0.638. The van der Waals surface area contributed by atoms with Crippen LogP contribution in [0.2, 0.25) is 0 Å². The van der Waals surface area contributed by atoms with Crippen LogP contribution in [0.15, 0.2) is 59.5 Å². The van der Waals surface area contributed by atoms with Crippen molar-refractivity contribution in [2.75, 3.05) is 11.9 Å². The number of aromatic nitrogens is 3. The van der Waals surface area contributed by atoms with E-state index in [9.17, 15) is 9.18 Å². The molecular weight excluding hydrogens is 449 g/mol. The number of piperidine rings is 1. The van der Waals surface area contributed by atoms with Gasteiger partial charge in [-0.1, -0.05) is 12.1 Å². The van der Waals surface area contributed by atoms with Crippen molar-refractivity contribution in [3.05, 3.63) is 70.8 Å². The summed E-state index contributed by atoms with van der Waals surface area (Å²) in [6.07, 6.45) is 6.79. The molecule has 3 aromatic rings. The number of carbonyl (C=O) groups is 1. The summed E-state index contributed by atoms with van der Waals surface area (Å²) in [4.78, 5) is 28.1. The van der Waals surface area contributed by atoms with E-state index >= 15 is 0 Å². The topological polar surface area (TPSA) is 71.0 Å². The lowest BCUT2D eigenvalue weighted by Crippen LogP contribution is -2.48. The van der Waals surface area contributed by atoms with Gasteiger partial charge in [-0.05, 0) is 59.0 Å². The fourth-order valence-electron chi connectivity index (χ4n) is 4.57. The molecule has 0 unspecified atom stereocenters. The fraction of sp³-hybridized carbons (Fsp3) is 0.273. The third-order valence-electron chi connectivity index (χ3n) is 5.84. The van der Waals surface area contributed by atoms with Crippen molar-refractivity contribution >= 4 is 27.7 Å². The Morgan fingerprint density at radius 3 is 2.67 bits per heavy atom. The number of nitrogens with zero attached hydrogens (tertiary/aromatic N) is 4. The fourth-order valence-corrected chi connectivity index (χ4v) is 4.81.